The van der Waals surface area contributed by atoms with Crippen LogP contribution in [0.2, 0.25) is 5.02 Å². The molecule has 0 saturated carbocycles. The number of hydrogen-bond acceptors (Lipinski definition) is 4. The zero-order valence-electron chi connectivity index (χ0n) is 23.5. The molecule has 0 atom stereocenters. The third-order valence-corrected chi connectivity index (χ3v) is 8.67. The van der Waals surface area contributed by atoms with Gasteiger partial charge in [0.05, 0.1) is 16.8 Å². The summed E-state index contributed by atoms with van der Waals surface area (Å²) in [6.45, 7) is 11.3. The molecule has 3 aromatic carbocycles. The number of carbonyl (C=O) groups is 1. The molecule has 0 aliphatic rings. The Balaban J connectivity index is 1.59. The number of hydrazone groups is 1. The topological polar surface area (TPSA) is 83.8 Å². The highest BCUT2D eigenvalue weighted by atomic mass is 35.5. The van der Waals surface area contributed by atoms with Crippen LogP contribution < -0.4 is 9.73 Å². The molecule has 0 radical (unpaired) electrons. The van der Waals surface area contributed by atoms with E-state index < -0.39 is 22.5 Å². The lowest BCUT2D eigenvalue weighted by Gasteiger charge is -2.25. The van der Waals surface area contributed by atoms with Gasteiger partial charge in [-0.1, -0.05) is 41.4 Å². The summed E-state index contributed by atoms with van der Waals surface area (Å²) in [4.78, 5) is 13.1. The average molecular weight is 577 g/mol. The smallest absolute Gasteiger partial charge is 0.264 e. The molecule has 208 valence electrons. The van der Waals surface area contributed by atoms with Crippen molar-refractivity contribution in [2.75, 3.05) is 10.8 Å². The van der Waals surface area contributed by atoms with Crippen LogP contribution in [-0.4, -0.2) is 31.7 Å². The number of rotatable bonds is 8. The van der Waals surface area contributed by atoms with Crippen molar-refractivity contribution in [1.82, 2.24) is 9.99 Å². The van der Waals surface area contributed by atoms with Crippen molar-refractivity contribution < 1.29 is 13.2 Å². The summed E-state index contributed by atoms with van der Waals surface area (Å²) in [5.41, 5.74) is 10.6. The van der Waals surface area contributed by atoms with Crippen molar-refractivity contribution in [3.8, 4) is 5.69 Å². The standard InChI is InChI=1S/C31H33ClN4O3S/c1-20-7-11-29(12-8-20)40(38,39)35(30-17-27(32)10-9-23(30)4)19-31(37)34-33-18-26-16-24(5)36(25(26)6)28-14-21(2)13-22(3)15-28/h7-18H,19H2,1-6H3,(H,34,37)/b33-18-. The van der Waals surface area contributed by atoms with Crippen LogP contribution in [0.4, 0.5) is 5.69 Å². The van der Waals surface area contributed by atoms with Crippen LogP contribution in [0.25, 0.3) is 5.69 Å². The summed E-state index contributed by atoms with van der Waals surface area (Å²) < 4.78 is 30.5. The molecule has 9 heteroatoms. The van der Waals surface area contributed by atoms with Gasteiger partial charge in [-0.3, -0.25) is 9.10 Å². The maximum Gasteiger partial charge on any atom is 0.264 e. The van der Waals surface area contributed by atoms with Crippen molar-refractivity contribution in [1.29, 1.82) is 0 Å². The van der Waals surface area contributed by atoms with E-state index in [9.17, 15) is 13.2 Å². The third-order valence-electron chi connectivity index (χ3n) is 6.66. The minimum Gasteiger partial charge on any atom is -0.318 e. The van der Waals surface area contributed by atoms with E-state index in [0.29, 0.717) is 16.3 Å². The predicted molar refractivity (Wildman–Crippen MR) is 162 cm³/mol. The van der Waals surface area contributed by atoms with Gasteiger partial charge in [0.2, 0.25) is 0 Å². The molecule has 4 aromatic rings. The molecule has 4 rings (SSSR count). The molecule has 1 N–H and O–H groups in total. The zero-order valence-corrected chi connectivity index (χ0v) is 25.1. The number of anilines is 1. The minimum absolute atomic E-state index is 0.0765. The van der Waals surface area contributed by atoms with E-state index in [1.165, 1.54) is 23.3 Å². The number of benzene rings is 3. The number of nitrogens with one attached hydrogen (secondary N) is 1. The molecular formula is C31H33ClN4O3S. The lowest BCUT2D eigenvalue weighted by molar-refractivity contribution is -0.119. The lowest BCUT2D eigenvalue weighted by atomic mass is 10.1. The van der Waals surface area contributed by atoms with Gasteiger partial charge in [-0.15, -0.1) is 0 Å². The fourth-order valence-electron chi connectivity index (χ4n) is 4.72. The number of nitrogens with zero attached hydrogens (tertiary/aromatic N) is 3. The molecule has 7 nitrogen and oxygen atoms in total. The Morgan fingerprint density at radius 3 is 2.20 bits per heavy atom. The number of aryl methyl sites for hydroxylation is 5. The van der Waals surface area contributed by atoms with Crippen LogP contribution in [0.1, 0.15) is 39.2 Å². The second kappa shape index (κ2) is 11.7. The van der Waals surface area contributed by atoms with E-state index in [1.807, 2.05) is 26.8 Å². The monoisotopic (exact) mass is 576 g/mol. The van der Waals surface area contributed by atoms with E-state index in [0.717, 1.165) is 32.5 Å². The third kappa shape index (κ3) is 6.29. The molecule has 1 amide bonds. The number of aromatic nitrogens is 1. The Hall–Kier alpha value is -3.88. The highest BCUT2D eigenvalue weighted by Gasteiger charge is 2.28. The SMILES string of the molecule is Cc1ccc(S(=O)(=O)N(CC(=O)N/N=C\c2cc(C)n(-c3cc(C)cc(C)c3)c2C)c2cc(Cl)ccc2C)cc1. The van der Waals surface area contributed by atoms with Crippen LogP contribution in [0.3, 0.4) is 0 Å². The van der Waals surface area contributed by atoms with Crippen molar-refractivity contribution in [2.45, 2.75) is 46.4 Å². The van der Waals surface area contributed by atoms with Gasteiger partial charge in [0, 0.05) is 27.7 Å². The van der Waals surface area contributed by atoms with Crippen LogP contribution in [-0.2, 0) is 14.8 Å². The minimum atomic E-state index is -4.07. The Labute approximate surface area is 241 Å². The Morgan fingerprint density at radius 2 is 1.55 bits per heavy atom. The maximum atomic E-state index is 13.7. The van der Waals surface area contributed by atoms with Crippen molar-refractivity contribution in [3.63, 3.8) is 0 Å². The van der Waals surface area contributed by atoms with Crippen molar-refractivity contribution >= 4 is 39.4 Å². The number of amides is 1. The van der Waals surface area contributed by atoms with Gasteiger partial charge in [-0.05, 0) is 101 Å². The molecule has 0 aliphatic carbocycles. The largest absolute Gasteiger partial charge is 0.318 e. The first-order valence-corrected chi connectivity index (χ1v) is 14.6. The summed E-state index contributed by atoms with van der Waals surface area (Å²) in [5.74, 6) is -0.588. The molecule has 0 saturated heterocycles. The quantitative estimate of drug-likeness (QED) is 0.197. The molecule has 1 aromatic heterocycles. The van der Waals surface area contributed by atoms with E-state index in [4.69, 9.17) is 11.6 Å². The fraction of sp³-hybridized carbons (Fsp3) is 0.226. The van der Waals surface area contributed by atoms with Crippen molar-refractivity contribution in [2.24, 2.45) is 5.10 Å². The molecule has 0 fully saturated rings. The molecular weight excluding hydrogens is 544 g/mol. The Bertz CT molecular complexity index is 1690. The second-order valence-corrected chi connectivity index (χ2v) is 12.4. The molecule has 0 unspecified atom stereocenters. The van der Waals surface area contributed by atoms with Gasteiger partial charge in [0.15, 0.2) is 0 Å². The summed E-state index contributed by atoms with van der Waals surface area (Å²) >= 11 is 6.21. The number of hydrogen-bond donors (Lipinski definition) is 1. The highest BCUT2D eigenvalue weighted by Crippen LogP contribution is 2.29. The second-order valence-electron chi connectivity index (χ2n) is 10.1. The van der Waals surface area contributed by atoms with Gasteiger partial charge in [0.1, 0.15) is 6.54 Å². The Kier molecular flexibility index (Phi) is 8.51. The summed E-state index contributed by atoms with van der Waals surface area (Å²) in [6, 6.07) is 19.8. The molecule has 1 heterocycles. The number of carbonyl (C=O) groups excluding carboxylic acids is 1. The van der Waals surface area contributed by atoms with Gasteiger partial charge in [-0.25, -0.2) is 13.8 Å². The Morgan fingerprint density at radius 1 is 0.900 bits per heavy atom. The fourth-order valence-corrected chi connectivity index (χ4v) is 6.37. The first-order chi connectivity index (χ1) is 18.9. The number of sulfonamides is 1. The lowest BCUT2D eigenvalue weighted by Crippen LogP contribution is -2.40. The van der Waals surface area contributed by atoms with Crippen LogP contribution in [0.5, 0.6) is 0 Å². The molecule has 40 heavy (non-hydrogen) atoms. The molecule has 0 aliphatic heterocycles. The maximum absolute atomic E-state index is 13.7. The first kappa shape index (κ1) is 29.1. The van der Waals surface area contributed by atoms with E-state index >= 15 is 0 Å². The van der Waals surface area contributed by atoms with Gasteiger partial charge in [-0.2, -0.15) is 5.10 Å². The van der Waals surface area contributed by atoms with E-state index in [1.54, 1.807) is 43.5 Å². The molecule has 0 spiro atoms. The van der Waals surface area contributed by atoms with Crippen molar-refractivity contribution in [3.05, 3.63) is 111 Å². The summed E-state index contributed by atoms with van der Waals surface area (Å²) in [5, 5.41) is 4.52. The van der Waals surface area contributed by atoms with Gasteiger partial charge in [0.25, 0.3) is 15.9 Å². The predicted octanol–water partition coefficient (Wildman–Crippen LogP) is 6.33. The van der Waals surface area contributed by atoms with Crippen LogP contribution in [0, 0.1) is 41.5 Å². The van der Waals surface area contributed by atoms with Crippen LogP contribution >= 0.6 is 11.6 Å². The first-order valence-electron chi connectivity index (χ1n) is 12.8. The average Bonchev–Trinajstić information content (AvgIpc) is 3.16. The number of halogens is 1. The zero-order chi connectivity index (χ0) is 29.2. The van der Waals surface area contributed by atoms with E-state index in [2.05, 4.69) is 47.1 Å². The normalized spacial score (nSPS) is 11.7. The highest BCUT2D eigenvalue weighted by molar-refractivity contribution is 7.92. The summed E-state index contributed by atoms with van der Waals surface area (Å²) in [7, 11) is -4.07. The van der Waals surface area contributed by atoms with Gasteiger partial charge < -0.3 is 4.57 Å². The molecule has 0 bridgehead atoms. The summed E-state index contributed by atoms with van der Waals surface area (Å²) in [6.07, 6.45) is 1.57. The van der Waals surface area contributed by atoms with Crippen LogP contribution in [0.15, 0.2) is 76.7 Å². The van der Waals surface area contributed by atoms with E-state index in [-0.39, 0.29) is 4.90 Å². The van der Waals surface area contributed by atoms with Gasteiger partial charge >= 0.3 is 0 Å².